The maximum Gasteiger partial charge on any atom is 0.226 e. The van der Waals surface area contributed by atoms with Gasteiger partial charge < -0.3 is 14.5 Å². The van der Waals surface area contributed by atoms with Crippen molar-refractivity contribution in [3.63, 3.8) is 0 Å². The summed E-state index contributed by atoms with van der Waals surface area (Å²) in [6, 6.07) is 8.89. The first kappa shape index (κ1) is 18.5. The van der Waals surface area contributed by atoms with Crippen LogP contribution in [0.4, 0.5) is 0 Å². The van der Waals surface area contributed by atoms with Gasteiger partial charge in [-0.3, -0.25) is 4.79 Å². The molecule has 0 radical (unpaired) electrons. The number of rotatable bonds is 5. The second-order valence-electron chi connectivity index (χ2n) is 10.0. The van der Waals surface area contributed by atoms with Gasteiger partial charge in [-0.1, -0.05) is 12.1 Å². The SMILES string of the molecule is CN1CCN(C(=O)CCOc2ccc(C34CC5CC(CC(C5)C3)C4)cc2)CC1. The molecule has 0 atom stereocenters. The molecule has 6 rings (SSSR count). The lowest BCUT2D eigenvalue weighted by atomic mass is 9.48. The summed E-state index contributed by atoms with van der Waals surface area (Å²) in [6.07, 6.45) is 9.14. The first-order valence-corrected chi connectivity index (χ1v) is 11.3. The molecule has 1 amide bonds. The van der Waals surface area contributed by atoms with Crippen LogP contribution in [-0.2, 0) is 10.2 Å². The van der Waals surface area contributed by atoms with Crippen LogP contribution in [0.3, 0.4) is 0 Å². The second kappa shape index (κ2) is 7.37. The summed E-state index contributed by atoms with van der Waals surface area (Å²) in [5.74, 6) is 4.05. The summed E-state index contributed by atoms with van der Waals surface area (Å²) >= 11 is 0. The van der Waals surface area contributed by atoms with Crippen LogP contribution in [0.15, 0.2) is 24.3 Å². The lowest BCUT2D eigenvalue weighted by Crippen LogP contribution is -2.48. The molecule has 4 heteroatoms. The monoisotopic (exact) mass is 382 g/mol. The van der Waals surface area contributed by atoms with Gasteiger partial charge in [0.2, 0.25) is 5.91 Å². The summed E-state index contributed by atoms with van der Waals surface area (Å²) in [6.45, 7) is 4.10. The van der Waals surface area contributed by atoms with Crippen molar-refractivity contribution in [1.82, 2.24) is 9.80 Å². The van der Waals surface area contributed by atoms with E-state index in [0.717, 1.165) is 49.7 Å². The Balaban J connectivity index is 1.15. The number of hydrogen-bond acceptors (Lipinski definition) is 3. The molecule has 5 fully saturated rings. The van der Waals surface area contributed by atoms with Gasteiger partial charge in [0.25, 0.3) is 0 Å². The average molecular weight is 383 g/mol. The van der Waals surface area contributed by atoms with Crippen LogP contribution in [0.2, 0.25) is 0 Å². The highest BCUT2D eigenvalue weighted by Crippen LogP contribution is 2.60. The molecule has 4 aliphatic carbocycles. The Morgan fingerprint density at radius 2 is 1.54 bits per heavy atom. The van der Waals surface area contributed by atoms with Crippen molar-refractivity contribution in [3.8, 4) is 5.75 Å². The van der Waals surface area contributed by atoms with Crippen LogP contribution in [0.5, 0.6) is 5.75 Å². The van der Waals surface area contributed by atoms with E-state index >= 15 is 0 Å². The van der Waals surface area contributed by atoms with Crippen LogP contribution in [0.1, 0.15) is 50.5 Å². The van der Waals surface area contributed by atoms with Gasteiger partial charge in [0, 0.05) is 26.2 Å². The predicted molar refractivity (Wildman–Crippen MR) is 110 cm³/mol. The summed E-state index contributed by atoms with van der Waals surface area (Å²) in [4.78, 5) is 16.6. The second-order valence-corrected chi connectivity index (χ2v) is 10.0. The van der Waals surface area contributed by atoms with E-state index in [1.807, 2.05) is 4.90 Å². The first-order valence-electron chi connectivity index (χ1n) is 11.3. The first-order chi connectivity index (χ1) is 13.6. The average Bonchev–Trinajstić information content (AvgIpc) is 2.68. The van der Waals surface area contributed by atoms with E-state index in [2.05, 4.69) is 36.2 Å². The number of likely N-dealkylation sites (N-methyl/N-ethyl adjacent to an activating group) is 1. The zero-order valence-corrected chi connectivity index (χ0v) is 17.2. The standard InChI is InChI=1S/C24H34N2O2/c1-25-7-9-26(10-8-25)23(27)6-11-28-22-4-2-21(3-5-22)24-15-18-12-19(16-24)14-20(13-18)17-24/h2-5,18-20H,6-17H2,1H3. The molecule has 152 valence electrons. The molecule has 1 heterocycles. The Morgan fingerprint density at radius 3 is 2.11 bits per heavy atom. The van der Waals surface area contributed by atoms with Gasteiger partial charge in [0.15, 0.2) is 0 Å². The normalized spacial score (nSPS) is 34.6. The highest BCUT2D eigenvalue weighted by molar-refractivity contribution is 5.76. The van der Waals surface area contributed by atoms with Crippen molar-refractivity contribution >= 4 is 5.91 Å². The minimum Gasteiger partial charge on any atom is -0.493 e. The van der Waals surface area contributed by atoms with Gasteiger partial charge in [-0.25, -0.2) is 0 Å². The Kier molecular flexibility index (Phi) is 4.86. The van der Waals surface area contributed by atoms with Crippen LogP contribution >= 0.6 is 0 Å². The summed E-state index contributed by atoms with van der Waals surface area (Å²) in [5.41, 5.74) is 1.98. The largest absolute Gasteiger partial charge is 0.493 e. The van der Waals surface area contributed by atoms with Crippen molar-refractivity contribution in [3.05, 3.63) is 29.8 Å². The maximum absolute atomic E-state index is 12.3. The van der Waals surface area contributed by atoms with Crippen molar-refractivity contribution in [2.75, 3.05) is 39.8 Å². The molecule has 0 aromatic heterocycles. The molecule has 4 saturated carbocycles. The van der Waals surface area contributed by atoms with Gasteiger partial charge >= 0.3 is 0 Å². The zero-order valence-electron chi connectivity index (χ0n) is 17.2. The number of piperazine rings is 1. The number of hydrogen-bond donors (Lipinski definition) is 0. The zero-order chi connectivity index (χ0) is 19.1. The van der Waals surface area contributed by atoms with Gasteiger partial charge in [0.05, 0.1) is 13.0 Å². The van der Waals surface area contributed by atoms with Gasteiger partial charge in [-0.2, -0.15) is 0 Å². The lowest BCUT2D eigenvalue weighted by molar-refractivity contribution is -0.133. The van der Waals surface area contributed by atoms with E-state index in [1.165, 1.54) is 44.1 Å². The van der Waals surface area contributed by atoms with E-state index in [9.17, 15) is 4.79 Å². The molecule has 1 saturated heterocycles. The molecule has 5 aliphatic rings. The summed E-state index contributed by atoms with van der Waals surface area (Å²) in [7, 11) is 2.11. The summed E-state index contributed by atoms with van der Waals surface area (Å²) in [5, 5.41) is 0. The van der Waals surface area contributed by atoms with E-state index in [4.69, 9.17) is 4.74 Å². The molecule has 0 unspecified atom stereocenters. The topological polar surface area (TPSA) is 32.8 Å². The number of nitrogens with zero attached hydrogens (tertiary/aromatic N) is 2. The number of amides is 1. The molecule has 0 spiro atoms. The van der Waals surface area contributed by atoms with E-state index < -0.39 is 0 Å². The third kappa shape index (κ3) is 3.56. The fourth-order valence-corrected chi connectivity index (χ4v) is 6.84. The Labute approximate surface area is 169 Å². The molecule has 1 aromatic carbocycles. The van der Waals surface area contributed by atoms with E-state index in [0.29, 0.717) is 18.4 Å². The Hall–Kier alpha value is -1.55. The lowest BCUT2D eigenvalue weighted by Gasteiger charge is -2.57. The van der Waals surface area contributed by atoms with Gasteiger partial charge in [-0.05, 0) is 86.4 Å². The quantitative estimate of drug-likeness (QED) is 0.778. The van der Waals surface area contributed by atoms with Crippen LogP contribution in [-0.4, -0.2) is 55.5 Å². The minimum absolute atomic E-state index is 0.221. The van der Waals surface area contributed by atoms with Crippen LogP contribution in [0.25, 0.3) is 0 Å². The smallest absolute Gasteiger partial charge is 0.226 e. The molecule has 1 aromatic rings. The molecule has 4 nitrogen and oxygen atoms in total. The molecular formula is C24H34N2O2. The predicted octanol–water partition coefficient (Wildman–Crippen LogP) is 3.70. The van der Waals surface area contributed by atoms with Gasteiger partial charge in [0.1, 0.15) is 5.75 Å². The van der Waals surface area contributed by atoms with Gasteiger partial charge in [-0.15, -0.1) is 0 Å². The molecule has 4 bridgehead atoms. The third-order valence-electron chi connectivity index (χ3n) is 7.95. The number of ether oxygens (including phenoxy) is 1. The van der Waals surface area contributed by atoms with Crippen LogP contribution < -0.4 is 4.74 Å². The fourth-order valence-electron chi connectivity index (χ4n) is 6.84. The van der Waals surface area contributed by atoms with Crippen molar-refractivity contribution in [2.45, 2.75) is 50.4 Å². The molecule has 0 N–H and O–H groups in total. The molecule has 1 aliphatic heterocycles. The number of carbonyl (C=O) groups is 1. The summed E-state index contributed by atoms with van der Waals surface area (Å²) < 4.78 is 5.90. The number of benzene rings is 1. The highest BCUT2D eigenvalue weighted by Gasteiger charge is 2.51. The van der Waals surface area contributed by atoms with Crippen molar-refractivity contribution in [1.29, 1.82) is 0 Å². The van der Waals surface area contributed by atoms with E-state index in [-0.39, 0.29) is 5.91 Å². The third-order valence-corrected chi connectivity index (χ3v) is 7.95. The highest BCUT2D eigenvalue weighted by atomic mass is 16.5. The van der Waals surface area contributed by atoms with E-state index in [1.54, 1.807) is 0 Å². The van der Waals surface area contributed by atoms with Crippen molar-refractivity contribution < 1.29 is 9.53 Å². The molecular weight excluding hydrogens is 348 g/mol. The molecule has 28 heavy (non-hydrogen) atoms. The van der Waals surface area contributed by atoms with Crippen molar-refractivity contribution in [2.24, 2.45) is 17.8 Å². The maximum atomic E-state index is 12.3. The Morgan fingerprint density at radius 1 is 0.964 bits per heavy atom. The fraction of sp³-hybridized carbons (Fsp3) is 0.708. The Bertz CT molecular complexity index is 671. The van der Waals surface area contributed by atoms with Crippen LogP contribution in [0, 0.1) is 17.8 Å². The number of carbonyl (C=O) groups excluding carboxylic acids is 1. The minimum atomic E-state index is 0.221.